The Balaban J connectivity index is 1.64. The van der Waals surface area contributed by atoms with Crippen LogP contribution in [0.2, 0.25) is 0 Å². The van der Waals surface area contributed by atoms with E-state index in [1.54, 1.807) is 7.11 Å². The molecule has 1 spiro atoms. The van der Waals surface area contributed by atoms with E-state index in [1.807, 2.05) is 6.92 Å². The van der Waals surface area contributed by atoms with Crippen molar-refractivity contribution < 1.29 is 9.15 Å². The molecule has 3 rings (SSSR count). The van der Waals surface area contributed by atoms with Gasteiger partial charge in [0.15, 0.2) is 0 Å². The second kappa shape index (κ2) is 6.51. The van der Waals surface area contributed by atoms with Gasteiger partial charge >= 0.3 is 0 Å². The Hall–Kier alpha value is -0.840. The SMILES string of the molecule is COCCN1CCCC12CCCN(Cc1ccc(C)o1)C2. The van der Waals surface area contributed by atoms with Gasteiger partial charge in [0.05, 0.1) is 13.2 Å². The number of aryl methyl sites for hydroxylation is 1. The number of piperidine rings is 1. The van der Waals surface area contributed by atoms with E-state index >= 15 is 0 Å². The first-order valence-electron chi connectivity index (χ1n) is 8.23. The van der Waals surface area contributed by atoms with Crippen molar-refractivity contribution >= 4 is 0 Å². The first-order chi connectivity index (χ1) is 10.2. The highest BCUT2D eigenvalue weighted by atomic mass is 16.5. The van der Waals surface area contributed by atoms with Crippen molar-refractivity contribution in [2.24, 2.45) is 0 Å². The van der Waals surface area contributed by atoms with Crippen molar-refractivity contribution in [3.8, 4) is 0 Å². The standard InChI is InChI=1S/C17H28N2O2/c1-15-5-6-16(21-15)13-18-9-3-7-17(14-18)8-4-10-19(17)11-12-20-2/h5-6H,3-4,7-14H2,1-2H3. The average molecular weight is 292 g/mol. The van der Waals surface area contributed by atoms with Crippen LogP contribution in [0.4, 0.5) is 0 Å². The normalized spacial score (nSPS) is 27.7. The molecule has 2 aliphatic heterocycles. The molecule has 0 saturated carbocycles. The zero-order valence-electron chi connectivity index (χ0n) is 13.4. The van der Waals surface area contributed by atoms with Gasteiger partial charge in [-0.3, -0.25) is 9.80 Å². The molecular formula is C17H28N2O2. The van der Waals surface area contributed by atoms with Gasteiger partial charge in [0.2, 0.25) is 0 Å². The van der Waals surface area contributed by atoms with Crippen LogP contribution in [-0.2, 0) is 11.3 Å². The summed E-state index contributed by atoms with van der Waals surface area (Å²) in [6.07, 6.45) is 5.30. The summed E-state index contributed by atoms with van der Waals surface area (Å²) in [5.41, 5.74) is 0.387. The summed E-state index contributed by atoms with van der Waals surface area (Å²) in [4.78, 5) is 5.25. The van der Waals surface area contributed by atoms with Crippen LogP contribution in [0.15, 0.2) is 16.5 Å². The second-order valence-corrected chi connectivity index (χ2v) is 6.63. The maximum absolute atomic E-state index is 5.75. The first-order valence-corrected chi connectivity index (χ1v) is 8.23. The van der Waals surface area contributed by atoms with Crippen molar-refractivity contribution in [3.63, 3.8) is 0 Å². The molecular weight excluding hydrogens is 264 g/mol. The molecule has 2 saturated heterocycles. The quantitative estimate of drug-likeness (QED) is 0.834. The zero-order valence-corrected chi connectivity index (χ0v) is 13.4. The van der Waals surface area contributed by atoms with E-state index in [-0.39, 0.29) is 0 Å². The molecule has 0 N–H and O–H groups in total. The van der Waals surface area contributed by atoms with E-state index in [9.17, 15) is 0 Å². The topological polar surface area (TPSA) is 28.9 Å². The Morgan fingerprint density at radius 3 is 2.76 bits per heavy atom. The fraction of sp³-hybridized carbons (Fsp3) is 0.765. The molecule has 2 aliphatic rings. The Labute approximate surface area is 128 Å². The second-order valence-electron chi connectivity index (χ2n) is 6.63. The van der Waals surface area contributed by atoms with Crippen molar-refractivity contribution in [1.82, 2.24) is 9.80 Å². The van der Waals surface area contributed by atoms with Crippen LogP contribution in [0, 0.1) is 6.92 Å². The Kier molecular flexibility index (Phi) is 4.67. The lowest BCUT2D eigenvalue weighted by molar-refractivity contribution is 0.0208. The molecule has 1 aromatic rings. The molecule has 4 nitrogen and oxygen atoms in total. The van der Waals surface area contributed by atoms with Gasteiger partial charge < -0.3 is 9.15 Å². The molecule has 0 aromatic carbocycles. The lowest BCUT2D eigenvalue weighted by atomic mass is 9.86. The van der Waals surface area contributed by atoms with E-state index in [2.05, 4.69) is 21.9 Å². The lowest BCUT2D eigenvalue weighted by Gasteiger charge is -2.46. The number of ether oxygens (including phenoxy) is 1. The number of rotatable bonds is 5. The monoisotopic (exact) mass is 292 g/mol. The number of hydrogen-bond acceptors (Lipinski definition) is 4. The highest BCUT2D eigenvalue weighted by Crippen LogP contribution is 2.37. The summed E-state index contributed by atoms with van der Waals surface area (Å²) in [6.45, 7) is 8.49. The fourth-order valence-corrected chi connectivity index (χ4v) is 4.14. The molecule has 0 radical (unpaired) electrons. The van der Waals surface area contributed by atoms with Gasteiger partial charge in [0.25, 0.3) is 0 Å². The minimum Gasteiger partial charge on any atom is -0.465 e. The number of hydrogen-bond donors (Lipinski definition) is 0. The predicted molar refractivity (Wildman–Crippen MR) is 83.4 cm³/mol. The van der Waals surface area contributed by atoms with E-state index in [0.29, 0.717) is 5.54 Å². The molecule has 0 aliphatic carbocycles. The Morgan fingerprint density at radius 2 is 2.05 bits per heavy atom. The maximum Gasteiger partial charge on any atom is 0.118 e. The summed E-state index contributed by atoms with van der Waals surface area (Å²) >= 11 is 0. The zero-order chi connectivity index (χ0) is 14.7. The Morgan fingerprint density at radius 1 is 1.24 bits per heavy atom. The highest BCUT2D eigenvalue weighted by molar-refractivity contribution is 5.07. The third-order valence-corrected chi connectivity index (χ3v) is 5.12. The van der Waals surface area contributed by atoms with Gasteiger partial charge in [0, 0.05) is 25.7 Å². The molecule has 2 fully saturated rings. The molecule has 0 amide bonds. The smallest absolute Gasteiger partial charge is 0.118 e. The highest BCUT2D eigenvalue weighted by Gasteiger charge is 2.43. The van der Waals surface area contributed by atoms with Crippen LogP contribution >= 0.6 is 0 Å². The van der Waals surface area contributed by atoms with Gasteiger partial charge in [-0.05, 0) is 57.8 Å². The Bertz CT molecular complexity index is 459. The van der Waals surface area contributed by atoms with Gasteiger partial charge in [-0.15, -0.1) is 0 Å². The summed E-state index contributed by atoms with van der Waals surface area (Å²) in [5, 5.41) is 0. The van der Waals surface area contributed by atoms with E-state index in [1.165, 1.54) is 45.3 Å². The van der Waals surface area contributed by atoms with Crippen LogP contribution in [0.3, 0.4) is 0 Å². The third-order valence-electron chi connectivity index (χ3n) is 5.12. The van der Waals surface area contributed by atoms with Crippen LogP contribution < -0.4 is 0 Å². The molecule has 1 unspecified atom stereocenters. The van der Waals surface area contributed by atoms with Crippen molar-refractivity contribution in [2.75, 3.05) is 39.9 Å². The average Bonchev–Trinajstić information content (AvgIpc) is 3.04. The van der Waals surface area contributed by atoms with Crippen molar-refractivity contribution in [2.45, 2.75) is 44.7 Å². The van der Waals surface area contributed by atoms with E-state index in [4.69, 9.17) is 9.15 Å². The molecule has 21 heavy (non-hydrogen) atoms. The minimum atomic E-state index is 0.387. The first kappa shape index (κ1) is 15.1. The molecule has 4 heteroatoms. The lowest BCUT2D eigenvalue weighted by Crippen LogP contribution is -2.55. The molecule has 0 bridgehead atoms. The van der Waals surface area contributed by atoms with E-state index < -0.39 is 0 Å². The predicted octanol–water partition coefficient (Wildman–Crippen LogP) is 2.66. The van der Waals surface area contributed by atoms with E-state index in [0.717, 1.165) is 31.2 Å². The van der Waals surface area contributed by atoms with Gasteiger partial charge in [-0.1, -0.05) is 0 Å². The van der Waals surface area contributed by atoms with Crippen LogP contribution in [-0.4, -0.2) is 55.2 Å². The fourth-order valence-electron chi connectivity index (χ4n) is 4.14. The molecule has 1 aromatic heterocycles. The largest absolute Gasteiger partial charge is 0.465 e. The maximum atomic E-state index is 5.75. The number of nitrogens with zero attached hydrogens (tertiary/aromatic N) is 2. The van der Waals surface area contributed by atoms with Crippen LogP contribution in [0.1, 0.15) is 37.2 Å². The summed E-state index contributed by atoms with van der Waals surface area (Å²) in [7, 11) is 1.80. The third kappa shape index (κ3) is 3.33. The number of likely N-dealkylation sites (tertiary alicyclic amines) is 2. The van der Waals surface area contributed by atoms with Crippen LogP contribution in [0.25, 0.3) is 0 Å². The van der Waals surface area contributed by atoms with Crippen molar-refractivity contribution in [1.29, 1.82) is 0 Å². The van der Waals surface area contributed by atoms with Gasteiger partial charge in [-0.25, -0.2) is 0 Å². The number of furan rings is 1. The van der Waals surface area contributed by atoms with Crippen molar-refractivity contribution in [3.05, 3.63) is 23.7 Å². The summed E-state index contributed by atoms with van der Waals surface area (Å²) < 4.78 is 11.0. The summed E-state index contributed by atoms with van der Waals surface area (Å²) in [6, 6.07) is 4.18. The number of methoxy groups -OCH3 is 1. The van der Waals surface area contributed by atoms with Gasteiger partial charge in [0.1, 0.15) is 11.5 Å². The van der Waals surface area contributed by atoms with Crippen LogP contribution in [0.5, 0.6) is 0 Å². The summed E-state index contributed by atoms with van der Waals surface area (Å²) in [5.74, 6) is 2.12. The minimum absolute atomic E-state index is 0.387. The molecule has 118 valence electrons. The molecule has 1 atom stereocenters. The molecule has 3 heterocycles. The van der Waals surface area contributed by atoms with Gasteiger partial charge in [-0.2, -0.15) is 0 Å².